The molecule has 2 aromatic carbocycles. The van der Waals surface area contributed by atoms with Crippen LogP contribution in [0.5, 0.6) is 0 Å². The van der Waals surface area contributed by atoms with Crippen LogP contribution in [0.3, 0.4) is 0 Å². The van der Waals surface area contributed by atoms with Gasteiger partial charge in [-0.3, -0.25) is 9.69 Å². The summed E-state index contributed by atoms with van der Waals surface area (Å²) in [6, 6.07) is 10.3. The summed E-state index contributed by atoms with van der Waals surface area (Å²) in [7, 11) is 0. The monoisotopic (exact) mass is 368 g/mol. The Morgan fingerprint density at radius 3 is 2.85 bits per heavy atom. The first-order chi connectivity index (χ1) is 13.1. The van der Waals surface area contributed by atoms with E-state index >= 15 is 0 Å². The number of ether oxygens (including phenoxy) is 1. The lowest BCUT2D eigenvalue weighted by atomic mass is 9.99. The first kappa shape index (κ1) is 17.7. The third kappa shape index (κ3) is 3.22. The maximum Gasteiger partial charge on any atom is 0.260 e. The normalized spacial score (nSPS) is 17.7. The van der Waals surface area contributed by atoms with Gasteiger partial charge >= 0.3 is 0 Å². The van der Waals surface area contributed by atoms with Crippen LogP contribution in [0.15, 0.2) is 36.4 Å². The maximum absolute atomic E-state index is 13.7. The first-order valence-corrected chi connectivity index (χ1v) is 9.04. The number of anilines is 1. The summed E-state index contributed by atoms with van der Waals surface area (Å²) < 4.78 is 19.5. The van der Waals surface area contributed by atoms with E-state index in [1.807, 2.05) is 12.1 Å². The molecule has 2 aliphatic heterocycles. The molecule has 0 radical (unpaired) electrons. The number of aliphatic hydroxyl groups excluding tert-OH is 1. The zero-order chi connectivity index (χ0) is 19.0. The van der Waals surface area contributed by atoms with E-state index in [1.165, 1.54) is 12.1 Å². The molecule has 0 fully saturated rings. The smallest absolute Gasteiger partial charge is 0.260 e. The Bertz CT molecular complexity index is 939. The quantitative estimate of drug-likeness (QED) is 0.797. The van der Waals surface area contributed by atoms with Gasteiger partial charge in [0.1, 0.15) is 18.2 Å². The van der Waals surface area contributed by atoms with Gasteiger partial charge in [0.15, 0.2) is 0 Å². The number of aliphatic hydroxyl groups is 1. The minimum absolute atomic E-state index is 0.128. The number of likely N-dealkylation sites (N-methyl/N-ethyl adjacent to an activating group) is 1. The lowest BCUT2D eigenvalue weighted by Crippen LogP contribution is -2.26. The molecule has 6 heteroatoms. The number of rotatable bonds is 5. The van der Waals surface area contributed by atoms with Crippen LogP contribution in [0.2, 0.25) is 0 Å². The second kappa shape index (κ2) is 7.13. The Labute approximate surface area is 157 Å². The molecule has 2 aliphatic rings. The van der Waals surface area contributed by atoms with Crippen molar-refractivity contribution in [2.24, 2.45) is 0 Å². The molecular weight excluding hydrogens is 347 g/mol. The second-order valence-corrected chi connectivity index (χ2v) is 6.72. The van der Waals surface area contributed by atoms with Crippen LogP contribution in [0.4, 0.5) is 10.1 Å². The molecule has 2 heterocycles. The summed E-state index contributed by atoms with van der Waals surface area (Å²) in [5, 5.41) is 11.9. The van der Waals surface area contributed by atoms with E-state index in [9.17, 15) is 9.18 Å². The van der Waals surface area contributed by atoms with Crippen molar-refractivity contribution in [1.29, 1.82) is 0 Å². The fourth-order valence-corrected chi connectivity index (χ4v) is 3.63. The summed E-state index contributed by atoms with van der Waals surface area (Å²) in [5.74, 6) is -0.163. The van der Waals surface area contributed by atoms with Gasteiger partial charge in [-0.05, 0) is 30.3 Å². The highest BCUT2D eigenvalue weighted by molar-refractivity contribution is 6.36. The van der Waals surface area contributed by atoms with E-state index in [1.54, 1.807) is 6.07 Å². The van der Waals surface area contributed by atoms with Gasteiger partial charge in [-0.1, -0.05) is 25.1 Å². The molecule has 0 saturated carbocycles. The molecule has 0 unspecified atom stereocenters. The van der Waals surface area contributed by atoms with Gasteiger partial charge in [0.05, 0.1) is 12.2 Å². The van der Waals surface area contributed by atoms with Crippen molar-refractivity contribution in [3.05, 3.63) is 64.5 Å². The topological polar surface area (TPSA) is 61.8 Å². The van der Waals surface area contributed by atoms with Crippen molar-refractivity contribution in [3.8, 4) is 0 Å². The molecule has 27 heavy (non-hydrogen) atoms. The minimum Gasteiger partial charge on any atom is -0.487 e. The Morgan fingerprint density at radius 2 is 2.07 bits per heavy atom. The number of carbonyl (C=O) groups excluding carboxylic acids is 1. The summed E-state index contributed by atoms with van der Waals surface area (Å²) in [5.41, 5.74) is 4.51. The average Bonchev–Trinajstić information content (AvgIpc) is 3.20. The van der Waals surface area contributed by atoms with Crippen molar-refractivity contribution in [2.45, 2.75) is 20.1 Å². The SMILES string of the molecule is CCN(CCO)Cc1ccc2c(c1)COC2=C1C(=O)Nc2ccc(F)cc21. The first-order valence-electron chi connectivity index (χ1n) is 9.04. The van der Waals surface area contributed by atoms with Gasteiger partial charge in [-0.15, -0.1) is 0 Å². The molecule has 0 bridgehead atoms. The Hall–Kier alpha value is -2.70. The largest absolute Gasteiger partial charge is 0.487 e. The predicted molar refractivity (Wildman–Crippen MR) is 101 cm³/mol. The zero-order valence-corrected chi connectivity index (χ0v) is 15.1. The molecule has 0 atom stereocenters. The number of hydrogen-bond acceptors (Lipinski definition) is 4. The molecule has 0 aromatic heterocycles. The highest BCUT2D eigenvalue weighted by Crippen LogP contribution is 2.41. The lowest BCUT2D eigenvalue weighted by Gasteiger charge is -2.19. The molecule has 140 valence electrons. The van der Waals surface area contributed by atoms with Crippen LogP contribution in [-0.2, 0) is 22.7 Å². The van der Waals surface area contributed by atoms with Gasteiger partial charge < -0.3 is 15.2 Å². The van der Waals surface area contributed by atoms with E-state index in [-0.39, 0.29) is 18.3 Å². The average molecular weight is 368 g/mol. The number of carbonyl (C=O) groups is 1. The standard InChI is InChI=1S/C21H21FN2O3/c1-2-24(7-8-25)11-13-3-5-16-14(9-13)12-27-20(16)19-17-10-15(22)4-6-18(17)23-21(19)26/h3-6,9-10,25H,2,7-8,11-12H2,1H3,(H,23,26). The Kier molecular flexibility index (Phi) is 4.68. The van der Waals surface area contributed by atoms with E-state index < -0.39 is 0 Å². The zero-order valence-electron chi connectivity index (χ0n) is 15.1. The van der Waals surface area contributed by atoms with Gasteiger partial charge in [-0.25, -0.2) is 4.39 Å². The number of benzene rings is 2. The van der Waals surface area contributed by atoms with Crippen LogP contribution >= 0.6 is 0 Å². The van der Waals surface area contributed by atoms with Crippen LogP contribution in [-0.4, -0.2) is 35.6 Å². The highest BCUT2D eigenvalue weighted by atomic mass is 19.1. The molecule has 0 spiro atoms. The summed E-state index contributed by atoms with van der Waals surface area (Å²) in [6.07, 6.45) is 0. The van der Waals surface area contributed by atoms with E-state index in [0.29, 0.717) is 35.7 Å². The number of nitrogens with zero attached hydrogens (tertiary/aromatic N) is 1. The Balaban J connectivity index is 1.70. The van der Waals surface area contributed by atoms with Crippen molar-refractivity contribution >= 4 is 22.9 Å². The van der Waals surface area contributed by atoms with Crippen molar-refractivity contribution in [1.82, 2.24) is 4.90 Å². The number of hydrogen-bond donors (Lipinski definition) is 2. The van der Waals surface area contributed by atoms with Crippen molar-refractivity contribution in [3.63, 3.8) is 0 Å². The van der Waals surface area contributed by atoms with Crippen molar-refractivity contribution in [2.75, 3.05) is 25.0 Å². The third-order valence-corrected chi connectivity index (χ3v) is 5.01. The summed E-state index contributed by atoms with van der Waals surface area (Å²) in [4.78, 5) is 14.6. The number of amides is 1. The number of fused-ring (bicyclic) bond motifs is 2. The highest BCUT2D eigenvalue weighted by Gasteiger charge is 2.32. The molecule has 2 aromatic rings. The van der Waals surface area contributed by atoms with Crippen LogP contribution in [0.25, 0.3) is 11.3 Å². The van der Waals surface area contributed by atoms with E-state index in [2.05, 4.69) is 23.2 Å². The van der Waals surface area contributed by atoms with Gasteiger partial charge in [-0.2, -0.15) is 0 Å². The van der Waals surface area contributed by atoms with Crippen molar-refractivity contribution < 1.29 is 19.0 Å². The Morgan fingerprint density at radius 1 is 1.22 bits per heavy atom. The van der Waals surface area contributed by atoms with Crippen LogP contribution in [0, 0.1) is 5.82 Å². The maximum atomic E-state index is 13.7. The van der Waals surface area contributed by atoms with Crippen LogP contribution in [0.1, 0.15) is 29.2 Å². The molecule has 2 N–H and O–H groups in total. The van der Waals surface area contributed by atoms with E-state index in [4.69, 9.17) is 9.84 Å². The minimum atomic E-state index is -0.388. The van der Waals surface area contributed by atoms with E-state index in [0.717, 1.165) is 29.8 Å². The molecule has 0 aliphatic carbocycles. The number of nitrogens with one attached hydrogen (secondary N) is 1. The predicted octanol–water partition coefficient (Wildman–Crippen LogP) is 2.99. The molecular formula is C21H21FN2O3. The van der Waals surface area contributed by atoms with Gasteiger partial charge in [0.2, 0.25) is 0 Å². The molecule has 0 saturated heterocycles. The molecule has 4 rings (SSSR count). The van der Waals surface area contributed by atoms with Gasteiger partial charge in [0, 0.05) is 35.5 Å². The second-order valence-electron chi connectivity index (χ2n) is 6.72. The lowest BCUT2D eigenvalue weighted by molar-refractivity contribution is -0.110. The fraction of sp³-hybridized carbons (Fsp3) is 0.286. The molecule has 5 nitrogen and oxygen atoms in total. The fourth-order valence-electron chi connectivity index (χ4n) is 3.63. The van der Waals surface area contributed by atoms with Crippen LogP contribution < -0.4 is 5.32 Å². The summed E-state index contributed by atoms with van der Waals surface area (Å²) in [6.45, 7) is 4.79. The number of halogens is 1. The van der Waals surface area contributed by atoms with Gasteiger partial charge in [0.25, 0.3) is 5.91 Å². The summed E-state index contributed by atoms with van der Waals surface area (Å²) >= 11 is 0. The third-order valence-electron chi connectivity index (χ3n) is 5.01. The molecule has 1 amide bonds.